The van der Waals surface area contributed by atoms with Gasteiger partial charge in [-0.05, 0) is 45.7 Å². The molecule has 1 aromatic heterocycles. The van der Waals surface area contributed by atoms with E-state index in [4.69, 9.17) is 4.74 Å². The van der Waals surface area contributed by atoms with Gasteiger partial charge in [-0.1, -0.05) is 31.4 Å². The summed E-state index contributed by atoms with van der Waals surface area (Å²) in [5, 5.41) is 1.05. The summed E-state index contributed by atoms with van der Waals surface area (Å²) in [6, 6.07) is 7.26. The van der Waals surface area contributed by atoms with Crippen LogP contribution in [0.15, 0.2) is 24.4 Å². The third-order valence-electron chi connectivity index (χ3n) is 7.65. The zero-order chi connectivity index (χ0) is 20.1. The third kappa shape index (κ3) is 3.14. The van der Waals surface area contributed by atoms with Crippen molar-refractivity contribution in [3.8, 4) is 5.75 Å². The highest BCUT2D eigenvalue weighted by Gasteiger charge is 2.35. The number of nitrogens with zero attached hydrogens (tertiary/aromatic N) is 3. The van der Waals surface area contributed by atoms with Crippen molar-refractivity contribution in [2.24, 2.45) is 5.92 Å². The molecule has 1 aromatic carbocycles. The van der Waals surface area contributed by atoms with E-state index in [1.54, 1.807) is 0 Å². The second-order valence-electron chi connectivity index (χ2n) is 9.45. The summed E-state index contributed by atoms with van der Waals surface area (Å²) in [7, 11) is 2.16. The first-order valence-electron chi connectivity index (χ1n) is 11.3. The molecule has 1 amide bonds. The summed E-state index contributed by atoms with van der Waals surface area (Å²) in [6.07, 6.45) is 8.67. The molecule has 156 valence electrons. The van der Waals surface area contributed by atoms with Crippen molar-refractivity contribution < 1.29 is 9.53 Å². The predicted molar refractivity (Wildman–Crippen MR) is 116 cm³/mol. The van der Waals surface area contributed by atoms with E-state index in [1.807, 2.05) is 12.1 Å². The fourth-order valence-corrected chi connectivity index (χ4v) is 5.71. The standard InChI is InChI=1S/C24H33N3O2/c1-16-12-26(13-17(2)25(16)3)24(28)20-14-27-21(18-8-5-4-6-9-18)15-29-22-11-7-10-19(20)23(22)27/h7,10-11,14,16-18,21H,4-6,8-9,12-13,15H2,1-3H3/t16?,17?,21-/m0/s1. The van der Waals surface area contributed by atoms with Gasteiger partial charge in [0.1, 0.15) is 12.4 Å². The van der Waals surface area contributed by atoms with E-state index in [-0.39, 0.29) is 5.91 Å². The van der Waals surface area contributed by atoms with Gasteiger partial charge < -0.3 is 14.2 Å². The van der Waals surface area contributed by atoms with Crippen molar-refractivity contribution in [3.05, 3.63) is 30.0 Å². The molecule has 5 heteroatoms. The Bertz CT molecular complexity index is 902. The van der Waals surface area contributed by atoms with Gasteiger partial charge in [-0.3, -0.25) is 9.69 Å². The van der Waals surface area contributed by atoms with Gasteiger partial charge in [0, 0.05) is 36.8 Å². The Morgan fingerprint density at radius 2 is 1.79 bits per heavy atom. The van der Waals surface area contributed by atoms with Crippen LogP contribution in [-0.4, -0.2) is 59.1 Å². The minimum absolute atomic E-state index is 0.169. The van der Waals surface area contributed by atoms with E-state index in [0.717, 1.165) is 41.9 Å². The highest BCUT2D eigenvalue weighted by molar-refractivity contribution is 6.08. The number of aromatic nitrogens is 1. The lowest BCUT2D eigenvalue weighted by Gasteiger charge is -2.42. The second kappa shape index (κ2) is 7.35. The molecule has 2 fully saturated rings. The molecule has 1 saturated carbocycles. The number of piperazine rings is 1. The largest absolute Gasteiger partial charge is 0.489 e. The van der Waals surface area contributed by atoms with E-state index in [0.29, 0.717) is 24.0 Å². The SMILES string of the molecule is CC1CN(C(=O)c2cn3c4c(cccc24)OC[C@H]3C2CCCCC2)CC(C)N1C. The van der Waals surface area contributed by atoms with Crippen LogP contribution in [0.3, 0.4) is 0 Å². The number of hydrogen-bond donors (Lipinski definition) is 0. The highest BCUT2D eigenvalue weighted by atomic mass is 16.5. The van der Waals surface area contributed by atoms with Crippen LogP contribution in [0.25, 0.3) is 10.9 Å². The number of likely N-dealkylation sites (N-methyl/N-ethyl adjacent to an activating group) is 1. The molecule has 3 atom stereocenters. The van der Waals surface area contributed by atoms with Crippen molar-refractivity contribution in [2.75, 3.05) is 26.7 Å². The summed E-state index contributed by atoms with van der Waals surface area (Å²) < 4.78 is 8.58. The highest BCUT2D eigenvalue weighted by Crippen LogP contribution is 2.42. The minimum Gasteiger partial charge on any atom is -0.489 e. The van der Waals surface area contributed by atoms with E-state index in [2.05, 4.69) is 47.5 Å². The molecule has 0 spiro atoms. The summed E-state index contributed by atoms with van der Waals surface area (Å²) in [5.74, 6) is 1.75. The van der Waals surface area contributed by atoms with Crippen LogP contribution in [-0.2, 0) is 0 Å². The summed E-state index contributed by atoms with van der Waals surface area (Å²) >= 11 is 0. The van der Waals surface area contributed by atoms with Crippen molar-refractivity contribution in [3.63, 3.8) is 0 Å². The van der Waals surface area contributed by atoms with E-state index in [1.165, 1.54) is 32.1 Å². The Hall–Kier alpha value is -2.01. The van der Waals surface area contributed by atoms with Gasteiger partial charge in [-0.25, -0.2) is 0 Å². The molecule has 29 heavy (non-hydrogen) atoms. The van der Waals surface area contributed by atoms with Crippen LogP contribution >= 0.6 is 0 Å². The summed E-state index contributed by atoms with van der Waals surface area (Å²) in [5.41, 5.74) is 1.96. The molecule has 2 unspecified atom stereocenters. The van der Waals surface area contributed by atoms with Crippen LogP contribution in [0.4, 0.5) is 0 Å². The number of ether oxygens (including phenoxy) is 1. The van der Waals surface area contributed by atoms with Gasteiger partial charge >= 0.3 is 0 Å². The Kier molecular flexibility index (Phi) is 4.81. The topological polar surface area (TPSA) is 37.7 Å². The van der Waals surface area contributed by atoms with Crippen LogP contribution in [0.5, 0.6) is 5.75 Å². The fourth-order valence-electron chi connectivity index (χ4n) is 5.71. The molecule has 5 rings (SSSR count). The monoisotopic (exact) mass is 395 g/mol. The van der Waals surface area contributed by atoms with Crippen molar-refractivity contribution in [1.29, 1.82) is 0 Å². The summed E-state index contributed by atoms with van der Waals surface area (Å²) in [4.78, 5) is 18.0. The van der Waals surface area contributed by atoms with Gasteiger partial charge in [0.25, 0.3) is 5.91 Å². The molecule has 1 aliphatic carbocycles. The predicted octanol–water partition coefficient (Wildman–Crippen LogP) is 4.32. The number of benzene rings is 1. The molecule has 0 bridgehead atoms. The van der Waals surface area contributed by atoms with E-state index >= 15 is 0 Å². The van der Waals surface area contributed by atoms with Crippen LogP contribution in [0.2, 0.25) is 0 Å². The molecule has 0 radical (unpaired) electrons. The lowest BCUT2D eigenvalue weighted by Crippen LogP contribution is -2.56. The molecule has 0 N–H and O–H groups in total. The number of carbonyl (C=O) groups excluding carboxylic acids is 1. The Balaban J connectivity index is 1.53. The molecule has 3 aliphatic rings. The van der Waals surface area contributed by atoms with Crippen LogP contribution < -0.4 is 4.74 Å². The average Bonchev–Trinajstić information content (AvgIpc) is 3.13. The Labute approximate surface area is 173 Å². The first kappa shape index (κ1) is 19.0. The molecule has 5 nitrogen and oxygen atoms in total. The summed E-state index contributed by atoms with van der Waals surface area (Å²) in [6.45, 7) is 6.71. The lowest BCUT2D eigenvalue weighted by atomic mass is 9.83. The first-order valence-corrected chi connectivity index (χ1v) is 11.3. The number of para-hydroxylation sites is 1. The number of hydrogen-bond acceptors (Lipinski definition) is 3. The normalized spacial score (nSPS) is 28.5. The fraction of sp³-hybridized carbons (Fsp3) is 0.625. The molecular formula is C24H33N3O2. The van der Waals surface area contributed by atoms with Gasteiger partial charge in [0.2, 0.25) is 0 Å². The average molecular weight is 396 g/mol. The Morgan fingerprint density at radius 3 is 2.52 bits per heavy atom. The van der Waals surface area contributed by atoms with Crippen molar-refractivity contribution in [1.82, 2.24) is 14.4 Å². The Morgan fingerprint density at radius 1 is 1.07 bits per heavy atom. The quantitative estimate of drug-likeness (QED) is 0.760. The zero-order valence-corrected chi connectivity index (χ0v) is 17.9. The maximum absolute atomic E-state index is 13.6. The molecule has 2 aliphatic heterocycles. The maximum Gasteiger partial charge on any atom is 0.256 e. The number of carbonyl (C=O) groups is 1. The molecule has 1 saturated heterocycles. The van der Waals surface area contributed by atoms with Gasteiger partial charge in [0.05, 0.1) is 17.1 Å². The number of amides is 1. The van der Waals surface area contributed by atoms with Crippen molar-refractivity contribution >= 4 is 16.8 Å². The number of rotatable bonds is 2. The van der Waals surface area contributed by atoms with Crippen LogP contribution in [0, 0.1) is 5.92 Å². The minimum atomic E-state index is 0.169. The third-order valence-corrected chi connectivity index (χ3v) is 7.65. The van der Waals surface area contributed by atoms with Crippen molar-refractivity contribution in [2.45, 2.75) is 64.1 Å². The second-order valence-corrected chi connectivity index (χ2v) is 9.45. The van der Waals surface area contributed by atoms with Crippen LogP contribution in [0.1, 0.15) is 62.4 Å². The van der Waals surface area contributed by atoms with Gasteiger partial charge in [-0.15, -0.1) is 0 Å². The molecule has 2 aromatic rings. The smallest absolute Gasteiger partial charge is 0.256 e. The maximum atomic E-state index is 13.6. The first-order chi connectivity index (χ1) is 14.0. The van der Waals surface area contributed by atoms with E-state index < -0.39 is 0 Å². The molecular weight excluding hydrogens is 362 g/mol. The molecule has 3 heterocycles. The zero-order valence-electron chi connectivity index (χ0n) is 17.9. The van der Waals surface area contributed by atoms with Gasteiger partial charge in [-0.2, -0.15) is 0 Å². The lowest BCUT2D eigenvalue weighted by molar-refractivity contribution is 0.0415. The van der Waals surface area contributed by atoms with Gasteiger partial charge in [0.15, 0.2) is 0 Å². The van der Waals surface area contributed by atoms with E-state index in [9.17, 15) is 4.79 Å².